The highest BCUT2D eigenvalue weighted by atomic mass is 16.6. The minimum Gasteiger partial charge on any atom is -0.460 e. The molecule has 3 amide bonds. The third-order valence-corrected chi connectivity index (χ3v) is 9.49. The first-order valence-electron chi connectivity index (χ1n) is 16.3. The maximum Gasteiger partial charge on any atom is 0.312 e. The average Bonchev–Trinajstić information content (AvgIpc) is 3.68. The molecule has 3 saturated heterocycles. The molecule has 8 atom stereocenters. The van der Waals surface area contributed by atoms with Crippen LogP contribution in [0, 0.1) is 11.8 Å². The first-order chi connectivity index (χ1) is 21.6. The van der Waals surface area contributed by atoms with Crippen molar-refractivity contribution in [2.24, 2.45) is 11.8 Å². The predicted octanol–water partition coefficient (Wildman–Crippen LogP) is 3.18. The van der Waals surface area contributed by atoms with Gasteiger partial charge in [-0.3, -0.25) is 19.2 Å². The SMILES string of the molecule is C=CCCC(=O)NC[C@H](C)OC(=O)[C@@H]1[C@@H]2CC[C@]3(O2)[C@H](C(=O)N(CC=C)C(C)CCC)N([C@@H](CO)Cc2ccccc2)C(=O)[C@@H]13. The number of hydrogen-bond acceptors (Lipinski definition) is 7. The van der Waals surface area contributed by atoms with Gasteiger partial charge in [0.05, 0.1) is 37.1 Å². The zero-order valence-electron chi connectivity index (χ0n) is 26.9. The van der Waals surface area contributed by atoms with E-state index in [0.717, 1.165) is 18.4 Å². The Morgan fingerprint density at radius 1 is 1.22 bits per heavy atom. The van der Waals surface area contributed by atoms with Gasteiger partial charge in [0.1, 0.15) is 17.7 Å². The number of hydrogen-bond donors (Lipinski definition) is 2. The number of allylic oxidation sites excluding steroid dienone is 1. The molecule has 0 aromatic heterocycles. The molecule has 3 heterocycles. The molecule has 3 fully saturated rings. The van der Waals surface area contributed by atoms with Crippen LogP contribution in [-0.4, -0.2) is 94.2 Å². The highest BCUT2D eigenvalue weighted by molar-refractivity contribution is 5.98. The van der Waals surface area contributed by atoms with Gasteiger partial charge in [0.2, 0.25) is 17.7 Å². The lowest BCUT2D eigenvalue weighted by Crippen LogP contribution is -2.60. The van der Waals surface area contributed by atoms with Gasteiger partial charge in [-0.05, 0) is 51.5 Å². The number of esters is 1. The predicted molar refractivity (Wildman–Crippen MR) is 170 cm³/mol. The van der Waals surface area contributed by atoms with E-state index in [-0.39, 0.29) is 36.9 Å². The third kappa shape index (κ3) is 7.02. The van der Waals surface area contributed by atoms with Gasteiger partial charge in [-0.2, -0.15) is 0 Å². The van der Waals surface area contributed by atoms with Crippen LogP contribution in [0.15, 0.2) is 55.6 Å². The summed E-state index contributed by atoms with van der Waals surface area (Å²) in [4.78, 5) is 58.2. The zero-order valence-corrected chi connectivity index (χ0v) is 26.9. The number of carbonyl (C=O) groups excluding carboxylic acids is 4. The molecule has 1 spiro atoms. The molecule has 1 aromatic rings. The molecule has 10 heteroatoms. The van der Waals surface area contributed by atoms with Crippen LogP contribution in [0.3, 0.4) is 0 Å². The topological polar surface area (TPSA) is 125 Å². The zero-order chi connectivity index (χ0) is 32.7. The molecule has 246 valence electrons. The van der Waals surface area contributed by atoms with E-state index in [1.165, 1.54) is 4.90 Å². The minimum absolute atomic E-state index is 0.114. The van der Waals surface area contributed by atoms with Crippen molar-refractivity contribution in [3.05, 3.63) is 61.2 Å². The van der Waals surface area contributed by atoms with Crippen LogP contribution in [0.2, 0.25) is 0 Å². The molecule has 0 aliphatic carbocycles. The van der Waals surface area contributed by atoms with Crippen LogP contribution >= 0.6 is 0 Å². The van der Waals surface area contributed by atoms with Crippen molar-refractivity contribution in [2.45, 2.75) is 102 Å². The van der Waals surface area contributed by atoms with Crippen molar-refractivity contribution >= 4 is 23.7 Å². The molecule has 2 bridgehead atoms. The molecule has 1 aromatic carbocycles. The van der Waals surface area contributed by atoms with Crippen molar-refractivity contribution in [1.29, 1.82) is 0 Å². The van der Waals surface area contributed by atoms with Gasteiger partial charge in [-0.1, -0.05) is 55.8 Å². The molecule has 4 rings (SSSR count). The second-order valence-corrected chi connectivity index (χ2v) is 12.6. The first kappa shape index (κ1) is 34.4. The van der Waals surface area contributed by atoms with Gasteiger partial charge in [0.15, 0.2) is 0 Å². The highest BCUT2D eigenvalue weighted by Gasteiger charge is 2.75. The summed E-state index contributed by atoms with van der Waals surface area (Å²) in [5.41, 5.74) is -0.308. The smallest absolute Gasteiger partial charge is 0.312 e. The summed E-state index contributed by atoms with van der Waals surface area (Å²) in [6, 6.07) is 7.69. The van der Waals surface area contributed by atoms with E-state index in [0.29, 0.717) is 38.6 Å². The fourth-order valence-electron chi connectivity index (χ4n) is 7.42. The number of carbonyl (C=O) groups is 4. The Hall–Kier alpha value is -3.50. The van der Waals surface area contributed by atoms with Gasteiger partial charge in [0.25, 0.3) is 0 Å². The van der Waals surface area contributed by atoms with Crippen molar-refractivity contribution in [3.63, 3.8) is 0 Å². The Morgan fingerprint density at radius 2 is 1.96 bits per heavy atom. The maximum atomic E-state index is 14.6. The van der Waals surface area contributed by atoms with Crippen LogP contribution in [0.5, 0.6) is 0 Å². The third-order valence-electron chi connectivity index (χ3n) is 9.49. The van der Waals surface area contributed by atoms with Crippen molar-refractivity contribution in [2.75, 3.05) is 19.7 Å². The molecule has 1 unspecified atom stereocenters. The minimum atomic E-state index is -1.22. The first-order valence-corrected chi connectivity index (χ1v) is 16.3. The highest BCUT2D eigenvalue weighted by Crippen LogP contribution is 2.59. The van der Waals surface area contributed by atoms with Crippen LogP contribution < -0.4 is 5.32 Å². The average molecular weight is 624 g/mol. The van der Waals surface area contributed by atoms with Crippen LogP contribution in [-0.2, 0) is 35.1 Å². The normalized spacial score (nSPS) is 26.9. The summed E-state index contributed by atoms with van der Waals surface area (Å²) in [6.07, 6.45) is 5.89. The molecule has 0 radical (unpaired) electrons. The Morgan fingerprint density at radius 3 is 2.60 bits per heavy atom. The second kappa shape index (κ2) is 15.2. The summed E-state index contributed by atoms with van der Waals surface area (Å²) < 4.78 is 12.4. The number of aliphatic hydroxyl groups excluding tert-OH is 1. The van der Waals surface area contributed by atoms with E-state index < -0.39 is 47.7 Å². The number of nitrogens with one attached hydrogen (secondary N) is 1. The van der Waals surface area contributed by atoms with E-state index >= 15 is 0 Å². The van der Waals surface area contributed by atoms with E-state index in [1.807, 2.05) is 37.3 Å². The standard InChI is InChI=1S/C35H49N3O7/c1-6-9-16-28(40)36-21-24(5)44-34(43)29-27-17-18-35(45-27)30(29)32(41)38(26(22-39)20-25-14-11-10-12-15-25)31(35)33(42)37(19-8-3)23(4)13-7-2/h6,8,10-12,14-15,23-24,26-27,29-31,39H,1,3,7,9,13,16-22H2,2,4-5H3,(H,36,40)/t23?,24-,26+,27-,29+,30+,31-,35+/m0/s1. The number of fused-ring (bicyclic) bond motifs is 1. The lowest BCUT2D eigenvalue weighted by Gasteiger charge is -2.41. The van der Waals surface area contributed by atoms with Crippen LogP contribution in [0.25, 0.3) is 0 Å². The van der Waals surface area contributed by atoms with E-state index in [9.17, 15) is 24.3 Å². The number of nitrogens with zero attached hydrogens (tertiary/aromatic N) is 2. The molecular weight excluding hydrogens is 574 g/mol. The van der Waals surface area contributed by atoms with Gasteiger partial charge >= 0.3 is 5.97 Å². The van der Waals surface area contributed by atoms with Gasteiger partial charge in [-0.25, -0.2) is 0 Å². The number of likely N-dealkylation sites (tertiary alicyclic amines) is 1. The lowest BCUT2D eigenvalue weighted by atomic mass is 9.70. The van der Waals surface area contributed by atoms with Crippen molar-refractivity contribution < 1.29 is 33.8 Å². The summed E-state index contributed by atoms with van der Waals surface area (Å²) in [7, 11) is 0. The molecular formula is C35H49N3O7. The van der Waals surface area contributed by atoms with Gasteiger partial charge in [0, 0.05) is 19.0 Å². The van der Waals surface area contributed by atoms with Gasteiger partial charge in [-0.15, -0.1) is 13.2 Å². The molecule has 3 aliphatic heterocycles. The quantitative estimate of drug-likeness (QED) is 0.202. The monoisotopic (exact) mass is 623 g/mol. The second-order valence-electron chi connectivity index (χ2n) is 12.6. The number of rotatable bonds is 17. The summed E-state index contributed by atoms with van der Waals surface area (Å²) in [5.74, 6) is -3.21. The molecule has 45 heavy (non-hydrogen) atoms. The summed E-state index contributed by atoms with van der Waals surface area (Å²) in [6.45, 7) is 13.3. The van der Waals surface area contributed by atoms with Crippen molar-refractivity contribution in [1.82, 2.24) is 15.1 Å². The molecule has 2 N–H and O–H groups in total. The molecule has 10 nitrogen and oxygen atoms in total. The number of aliphatic hydroxyl groups is 1. The summed E-state index contributed by atoms with van der Waals surface area (Å²) >= 11 is 0. The largest absolute Gasteiger partial charge is 0.460 e. The summed E-state index contributed by atoms with van der Waals surface area (Å²) in [5, 5.41) is 13.4. The number of ether oxygens (including phenoxy) is 2. The Balaban J connectivity index is 1.66. The van der Waals surface area contributed by atoms with Gasteiger partial charge < -0.3 is 29.7 Å². The number of amides is 3. The Bertz CT molecular complexity index is 1240. The van der Waals surface area contributed by atoms with Crippen LogP contribution in [0.4, 0.5) is 0 Å². The number of benzene rings is 1. The fourth-order valence-corrected chi connectivity index (χ4v) is 7.42. The molecule has 0 saturated carbocycles. The van der Waals surface area contributed by atoms with Crippen molar-refractivity contribution in [3.8, 4) is 0 Å². The van der Waals surface area contributed by atoms with Crippen LogP contribution in [0.1, 0.15) is 64.9 Å². The maximum absolute atomic E-state index is 14.6. The van der Waals surface area contributed by atoms with E-state index in [4.69, 9.17) is 9.47 Å². The Kier molecular flexibility index (Phi) is 11.6. The lowest BCUT2D eigenvalue weighted by molar-refractivity contribution is -0.160. The molecule has 3 aliphatic rings. The fraction of sp³-hybridized carbons (Fsp3) is 0.600. The van der Waals surface area contributed by atoms with E-state index in [2.05, 4.69) is 25.4 Å². The Labute approximate surface area is 266 Å². The van der Waals surface area contributed by atoms with E-state index in [1.54, 1.807) is 24.0 Å².